The molecule has 1 aliphatic rings. The SMILES string of the molecule is O=c1c(-c2cc(NSc3ccccc3Cl)c(Cl)cc2F)c(Cl)n2n1CCCC2. The molecule has 4 rings (SSSR count). The predicted octanol–water partition coefficient (Wildman–Crippen LogP) is 6.33. The smallest absolute Gasteiger partial charge is 0.276 e. The van der Waals surface area contributed by atoms with Crippen LogP contribution in [0.4, 0.5) is 10.1 Å². The van der Waals surface area contributed by atoms with Crippen molar-refractivity contribution >= 4 is 52.4 Å². The lowest BCUT2D eigenvalue weighted by Gasteiger charge is -2.17. The standard InChI is InChI=1S/C19H15Cl3FN3OS/c20-12-5-1-2-6-16(12)28-24-15-9-11(14(23)10-13(15)21)17-18(22)25-7-3-4-8-26(25)19(17)27/h1-2,5-6,9-10,24H,3-4,7-8H2. The summed E-state index contributed by atoms with van der Waals surface area (Å²) in [5, 5.41) is 1.02. The van der Waals surface area contributed by atoms with Crippen LogP contribution in [0.3, 0.4) is 0 Å². The summed E-state index contributed by atoms with van der Waals surface area (Å²) < 4.78 is 21.1. The Morgan fingerprint density at radius 2 is 1.71 bits per heavy atom. The maximum atomic E-state index is 14.7. The van der Waals surface area contributed by atoms with Gasteiger partial charge in [-0.15, -0.1) is 0 Å². The number of anilines is 1. The molecule has 0 unspecified atom stereocenters. The van der Waals surface area contributed by atoms with E-state index < -0.39 is 5.82 Å². The Hall–Kier alpha value is -1.60. The van der Waals surface area contributed by atoms with E-state index in [-0.39, 0.29) is 26.9 Å². The van der Waals surface area contributed by atoms with Gasteiger partial charge in [-0.05, 0) is 49.1 Å². The predicted molar refractivity (Wildman–Crippen MR) is 114 cm³/mol. The third kappa shape index (κ3) is 3.54. The molecule has 0 saturated carbocycles. The van der Waals surface area contributed by atoms with Crippen LogP contribution in [-0.4, -0.2) is 9.36 Å². The maximum Gasteiger partial charge on any atom is 0.276 e. The highest BCUT2D eigenvalue weighted by Crippen LogP contribution is 2.37. The summed E-state index contributed by atoms with van der Waals surface area (Å²) in [5.41, 5.74) is 0.447. The van der Waals surface area contributed by atoms with E-state index in [1.165, 1.54) is 24.1 Å². The Labute approximate surface area is 180 Å². The number of nitrogens with one attached hydrogen (secondary N) is 1. The highest BCUT2D eigenvalue weighted by Gasteiger charge is 2.25. The van der Waals surface area contributed by atoms with Crippen LogP contribution in [0.5, 0.6) is 0 Å². The van der Waals surface area contributed by atoms with Gasteiger partial charge in [0.25, 0.3) is 5.56 Å². The van der Waals surface area contributed by atoms with E-state index in [0.717, 1.165) is 17.7 Å². The Morgan fingerprint density at radius 3 is 2.43 bits per heavy atom. The van der Waals surface area contributed by atoms with E-state index in [2.05, 4.69) is 4.72 Å². The van der Waals surface area contributed by atoms with Crippen molar-refractivity contribution in [2.45, 2.75) is 30.8 Å². The van der Waals surface area contributed by atoms with Gasteiger partial charge in [0.2, 0.25) is 0 Å². The van der Waals surface area contributed by atoms with E-state index in [4.69, 9.17) is 34.8 Å². The molecule has 1 aromatic heterocycles. The number of aromatic nitrogens is 2. The average Bonchev–Trinajstić information content (AvgIpc) is 2.94. The monoisotopic (exact) mass is 457 g/mol. The Bertz CT molecular complexity index is 1110. The minimum absolute atomic E-state index is 0.121. The second-order valence-electron chi connectivity index (χ2n) is 6.37. The minimum Gasteiger partial charge on any atom is -0.324 e. The Balaban J connectivity index is 1.74. The molecule has 146 valence electrons. The summed E-state index contributed by atoms with van der Waals surface area (Å²) in [6.07, 6.45) is 1.82. The summed E-state index contributed by atoms with van der Waals surface area (Å²) in [4.78, 5) is 13.6. The van der Waals surface area contributed by atoms with Gasteiger partial charge < -0.3 is 4.72 Å². The van der Waals surface area contributed by atoms with Crippen molar-refractivity contribution in [3.05, 3.63) is 67.8 Å². The van der Waals surface area contributed by atoms with Crippen LogP contribution in [0, 0.1) is 5.82 Å². The summed E-state index contributed by atoms with van der Waals surface area (Å²) in [5.74, 6) is -0.596. The van der Waals surface area contributed by atoms with E-state index in [1.54, 1.807) is 15.4 Å². The van der Waals surface area contributed by atoms with Crippen LogP contribution < -0.4 is 10.3 Å². The van der Waals surface area contributed by atoms with Crippen LogP contribution in [0.2, 0.25) is 15.2 Å². The highest BCUT2D eigenvalue weighted by molar-refractivity contribution is 8.00. The maximum absolute atomic E-state index is 14.7. The van der Waals surface area contributed by atoms with Crippen LogP contribution in [-0.2, 0) is 13.1 Å². The van der Waals surface area contributed by atoms with Gasteiger partial charge in [-0.3, -0.25) is 9.48 Å². The molecule has 0 bridgehead atoms. The fraction of sp³-hybridized carbons (Fsp3) is 0.211. The minimum atomic E-state index is -0.596. The zero-order valence-corrected chi connectivity index (χ0v) is 17.6. The first-order chi connectivity index (χ1) is 13.5. The average molecular weight is 459 g/mol. The molecule has 0 fully saturated rings. The first-order valence-corrected chi connectivity index (χ1v) is 10.6. The number of benzene rings is 2. The molecule has 3 aromatic rings. The van der Waals surface area contributed by atoms with Crippen molar-refractivity contribution in [1.29, 1.82) is 0 Å². The molecule has 28 heavy (non-hydrogen) atoms. The number of hydrogen-bond acceptors (Lipinski definition) is 3. The lowest BCUT2D eigenvalue weighted by atomic mass is 10.1. The Morgan fingerprint density at radius 1 is 1.00 bits per heavy atom. The molecule has 0 saturated heterocycles. The number of hydrogen-bond donors (Lipinski definition) is 1. The first kappa shape index (κ1) is 19.7. The van der Waals surface area contributed by atoms with Gasteiger partial charge >= 0.3 is 0 Å². The molecular weight excluding hydrogens is 444 g/mol. The van der Waals surface area contributed by atoms with E-state index in [0.29, 0.717) is 23.8 Å². The third-order valence-electron chi connectivity index (χ3n) is 4.60. The van der Waals surface area contributed by atoms with Crippen LogP contribution in [0.15, 0.2) is 46.1 Å². The van der Waals surface area contributed by atoms with Crippen molar-refractivity contribution < 1.29 is 4.39 Å². The van der Waals surface area contributed by atoms with Gasteiger partial charge in [-0.1, -0.05) is 46.9 Å². The summed E-state index contributed by atoms with van der Waals surface area (Å²) >= 11 is 20.1. The van der Waals surface area contributed by atoms with Gasteiger partial charge in [0.1, 0.15) is 11.0 Å². The van der Waals surface area contributed by atoms with Gasteiger partial charge in [0, 0.05) is 23.5 Å². The molecule has 2 heterocycles. The van der Waals surface area contributed by atoms with Crippen molar-refractivity contribution in [3.8, 4) is 11.1 Å². The van der Waals surface area contributed by atoms with Gasteiger partial charge in [0.15, 0.2) is 0 Å². The molecule has 0 radical (unpaired) electrons. The molecule has 4 nitrogen and oxygen atoms in total. The summed E-state index contributed by atoms with van der Waals surface area (Å²) in [7, 11) is 0. The van der Waals surface area contributed by atoms with Crippen LogP contribution in [0.1, 0.15) is 12.8 Å². The lowest BCUT2D eigenvalue weighted by molar-refractivity contribution is 0.356. The summed E-state index contributed by atoms with van der Waals surface area (Å²) in [6.45, 7) is 1.21. The molecule has 1 aliphatic heterocycles. The quantitative estimate of drug-likeness (QED) is 0.464. The molecule has 2 aromatic carbocycles. The van der Waals surface area contributed by atoms with Crippen molar-refractivity contribution in [2.24, 2.45) is 0 Å². The van der Waals surface area contributed by atoms with E-state index >= 15 is 0 Å². The molecule has 0 atom stereocenters. The fourth-order valence-electron chi connectivity index (χ4n) is 3.21. The molecular formula is C19H15Cl3FN3OS. The molecule has 0 aliphatic carbocycles. The fourth-order valence-corrected chi connectivity index (χ4v) is 4.77. The van der Waals surface area contributed by atoms with Crippen LogP contribution in [0.25, 0.3) is 11.1 Å². The molecule has 0 spiro atoms. The zero-order valence-electron chi connectivity index (χ0n) is 14.5. The lowest BCUT2D eigenvalue weighted by Crippen LogP contribution is -2.27. The number of nitrogens with zero attached hydrogens (tertiary/aromatic N) is 2. The van der Waals surface area contributed by atoms with Gasteiger partial charge in [-0.25, -0.2) is 9.07 Å². The highest BCUT2D eigenvalue weighted by atomic mass is 35.5. The van der Waals surface area contributed by atoms with Gasteiger partial charge in [0.05, 0.1) is 21.3 Å². The zero-order chi connectivity index (χ0) is 19.8. The third-order valence-corrected chi connectivity index (χ3v) is 6.63. The second kappa shape index (κ2) is 8.03. The topological polar surface area (TPSA) is 39.0 Å². The second-order valence-corrected chi connectivity index (χ2v) is 8.39. The normalized spacial score (nSPS) is 13.4. The van der Waals surface area contributed by atoms with Crippen LogP contribution >= 0.6 is 46.8 Å². The number of rotatable bonds is 4. The Kier molecular flexibility index (Phi) is 5.65. The molecule has 1 N–H and O–H groups in total. The number of fused-ring (bicyclic) bond motifs is 1. The van der Waals surface area contributed by atoms with E-state index in [9.17, 15) is 9.18 Å². The van der Waals surface area contributed by atoms with Crippen molar-refractivity contribution in [1.82, 2.24) is 9.36 Å². The molecule has 9 heteroatoms. The van der Waals surface area contributed by atoms with Gasteiger partial charge in [-0.2, -0.15) is 0 Å². The number of halogens is 4. The van der Waals surface area contributed by atoms with E-state index in [1.807, 2.05) is 18.2 Å². The summed E-state index contributed by atoms with van der Waals surface area (Å²) in [6, 6.07) is 10.0. The van der Waals surface area contributed by atoms with Crippen molar-refractivity contribution in [3.63, 3.8) is 0 Å². The van der Waals surface area contributed by atoms with Crippen molar-refractivity contribution in [2.75, 3.05) is 4.72 Å². The first-order valence-electron chi connectivity index (χ1n) is 8.63. The largest absolute Gasteiger partial charge is 0.324 e. The molecule has 0 amide bonds.